The minimum atomic E-state index is -0.226. The molecule has 164 valence electrons. The number of furan rings is 1. The first-order valence-corrected chi connectivity index (χ1v) is 11.1. The molecule has 0 unspecified atom stereocenters. The second-order valence-corrected chi connectivity index (χ2v) is 8.42. The van der Waals surface area contributed by atoms with E-state index >= 15 is 0 Å². The van der Waals surface area contributed by atoms with Crippen molar-refractivity contribution in [2.75, 3.05) is 0 Å². The van der Waals surface area contributed by atoms with Gasteiger partial charge in [0, 0.05) is 41.5 Å². The highest BCUT2D eigenvalue weighted by atomic mass is 16.3. The zero-order valence-corrected chi connectivity index (χ0v) is 18.7. The van der Waals surface area contributed by atoms with Crippen LogP contribution in [0.5, 0.6) is 0 Å². The first-order chi connectivity index (χ1) is 17.1. The number of nitriles is 2. The molecule has 0 radical (unpaired) electrons. The van der Waals surface area contributed by atoms with Gasteiger partial charge >= 0.3 is 0 Å². The number of aromatic nitrogens is 1. The molecule has 3 aromatic carbocycles. The molecule has 5 nitrogen and oxygen atoms in total. The van der Waals surface area contributed by atoms with Gasteiger partial charge in [0.15, 0.2) is 11.4 Å². The highest BCUT2D eigenvalue weighted by Crippen LogP contribution is 2.40. The Kier molecular flexibility index (Phi) is 4.52. The lowest BCUT2D eigenvalue weighted by Gasteiger charge is -2.08. The number of hydrogen-bond donors (Lipinski definition) is 0. The Morgan fingerprint density at radius 1 is 0.886 bits per heavy atom. The van der Waals surface area contributed by atoms with Crippen LogP contribution in [0.15, 0.2) is 94.4 Å². The van der Waals surface area contributed by atoms with E-state index in [0.29, 0.717) is 28.0 Å². The molecule has 1 aliphatic carbocycles. The first kappa shape index (κ1) is 20.5. The Morgan fingerprint density at radius 3 is 2.34 bits per heavy atom. The maximum atomic E-state index is 13.2. The third kappa shape index (κ3) is 3.04. The van der Waals surface area contributed by atoms with E-state index in [1.807, 2.05) is 49.5 Å². The summed E-state index contributed by atoms with van der Waals surface area (Å²) in [4.78, 5) is 13.2. The van der Waals surface area contributed by atoms with E-state index in [1.54, 1.807) is 30.3 Å². The number of carbonyl (C=O) groups excluding carboxylic acids is 1. The molecule has 2 aromatic heterocycles. The van der Waals surface area contributed by atoms with E-state index in [9.17, 15) is 15.3 Å². The van der Waals surface area contributed by atoms with Crippen LogP contribution in [0.3, 0.4) is 0 Å². The molecule has 0 bridgehead atoms. The van der Waals surface area contributed by atoms with Gasteiger partial charge in [0.25, 0.3) is 0 Å². The number of allylic oxidation sites excluding steroid dienone is 3. The molecule has 0 aliphatic heterocycles. The second-order valence-electron chi connectivity index (χ2n) is 8.42. The zero-order valence-electron chi connectivity index (χ0n) is 18.7. The van der Waals surface area contributed by atoms with Gasteiger partial charge in [-0.3, -0.25) is 4.79 Å². The molecule has 5 aromatic rings. The lowest BCUT2D eigenvalue weighted by Crippen LogP contribution is -1.95. The number of ketones is 1. The van der Waals surface area contributed by atoms with Crippen molar-refractivity contribution in [1.29, 1.82) is 10.5 Å². The number of hydrogen-bond acceptors (Lipinski definition) is 4. The Morgan fingerprint density at radius 2 is 1.57 bits per heavy atom. The maximum Gasteiger partial charge on any atom is 0.194 e. The predicted octanol–water partition coefficient (Wildman–Crippen LogP) is 6.67. The lowest BCUT2D eigenvalue weighted by atomic mass is 9.99. The molecule has 2 heterocycles. The summed E-state index contributed by atoms with van der Waals surface area (Å²) in [5, 5.41) is 21.4. The number of Topliss-reactive ketones (excluding diaryl/α,β-unsaturated/α-hetero) is 1. The lowest BCUT2D eigenvalue weighted by molar-refractivity contribution is 0.104. The number of nitrogens with zero attached hydrogens (tertiary/aromatic N) is 3. The van der Waals surface area contributed by atoms with Gasteiger partial charge in [0.1, 0.15) is 23.5 Å². The summed E-state index contributed by atoms with van der Waals surface area (Å²) >= 11 is 0. The second kappa shape index (κ2) is 7.73. The zero-order chi connectivity index (χ0) is 24.1. The molecule has 0 atom stereocenters. The van der Waals surface area contributed by atoms with Gasteiger partial charge in [0.05, 0.1) is 11.2 Å². The summed E-state index contributed by atoms with van der Waals surface area (Å²) in [7, 11) is 1.98. The van der Waals surface area contributed by atoms with Crippen molar-refractivity contribution in [2.24, 2.45) is 7.05 Å². The first-order valence-electron chi connectivity index (χ1n) is 11.1. The Balaban J connectivity index is 1.49. The quantitative estimate of drug-likeness (QED) is 0.222. The molecule has 0 N–H and O–H groups in total. The van der Waals surface area contributed by atoms with Gasteiger partial charge in [-0.2, -0.15) is 10.5 Å². The molecule has 35 heavy (non-hydrogen) atoms. The number of aryl methyl sites for hydroxylation is 1. The maximum absolute atomic E-state index is 13.2. The van der Waals surface area contributed by atoms with Crippen molar-refractivity contribution < 1.29 is 9.21 Å². The molecule has 5 heteroatoms. The van der Waals surface area contributed by atoms with E-state index < -0.39 is 0 Å². The highest BCUT2D eigenvalue weighted by molar-refractivity contribution is 6.29. The topological polar surface area (TPSA) is 82.7 Å². The third-order valence-corrected chi connectivity index (χ3v) is 6.53. The monoisotopic (exact) mass is 451 g/mol. The van der Waals surface area contributed by atoms with E-state index in [2.05, 4.69) is 28.8 Å². The molecule has 6 rings (SSSR count). The van der Waals surface area contributed by atoms with Crippen molar-refractivity contribution >= 4 is 39.3 Å². The molecular formula is C30H17N3O2. The fraction of sp³-hybridized carbons (Fsp3) is 0.0333. The van der Waals surface area contributed by atoms with E-state index in [-0.39, 0.29) is 16.9 Å². The summed E-state index contributed by atoms with van der Waals surface area (Å²) < 4.78 is 8.20. The smallest absolute Gasteiger partial charge is 0.194 e. The van der Waals surface area contributed by atoms with Gasteiger partial charge in [-0.05, 0) is 22.4 Å². The Labute approximate surface area is 201 Å². The Hall–Kier alpha value is -5.13. The van der Waals surface area contributed by atoms with Gasteiger partial charge in [-0.25, -0.2) is 0 Å². The van der Waals surface area contributed by atoms with Gasteiger partial charge in [-0.15, -0.1) is 0 Å². The van der Waals surface area contributed by atoms with Gasteiger partial charge in [-0.1, -0.05) is 66.7 Å². The number of rotatable bonds is 2. The number of carbonyl (C=O) groups is 1. The average Bonchev–Trinajstić information content (AvgIpc) is 3.51. The van der Waals surface area contributed by atoms with E-state index in [4.69, 9.17) is 4.42 Å². The fourth-order valence-corrected chi connectivity index (χ4v) is 4.90. The van der Waals surface area contributed by atoms with Crippen LogP contribution in [-0.4, -0.2) is 10.4 Å². The SMILES string of the molecule is Cn1c(-c2cccc3ccccc23)cc2oc(/C=C3\C(=O)c4ccccc4C3=C(C#N)C#N)cc21. The molecule has 0 amide bonds. The molecule has 0 saturated heterocycles. The molecular weight excluding hydrogens is 434 g/mol. The summed E-state index contributed by atoms with van der Waals surface area (Å²) in [6.45, 7) is 0. The Bertz CT molecular complexity index is 1830. The van der Waals surface area contributed by atoms with Gasteiger partial charge < -0.3 is 8.98 Å². The normalized spacial score (nSPS) is 13.9. The predicted molar refractivity (Wildman–Crippen MR) is 135 cm³/mol. The van der Waals surface area contributed by atoms with Crippen LogP contribution in [0.4, 0.5) is 0 Å². The van der Waals surface area contributed by atoms with Crippen molar-refractivity contribution in [1.82, 2.24) is 4.57 Å². The van der Waals surface area contributed by atoms with Crippen LogP contribution < -0.4 is 0 Å². The summed E-state index contributed by atoms with van der Waals surface area (Å²) in [6, 6.07) is 29.2. The minimum absolute atomic E-state index is 0.0936. The third-order valence-electron chi connectivity index (χ3n) is 6.53. The van der Waals surface area contributed by atoms with Crippen molar-refractivity contribution in [3.8, 4) is 23.4 Å². The average molecular weight is 451 g/mol. The minimum Gasteiger partial charge on any atom is -0.455 e. The summed E-state index contributed by atoms with van der Waals surface area (Å²) in [5.41, 5.74) is 5.33. The summed E-state index contributed by atoms with van der Waals surface area (Å²) in [5.74, 6) is 0.259. The van der Waals surface area contributed by atoms with Crippen LogP contribution in [0.2, 0.25) is 0 Å². The van der Waals surface area contributed by atoms with Gasteiger partial charge in [0.2, 0.25) is 0 Å². The standard InChI is InChI=1S/C30H17N3O2/c1-33-26(22-12-6-8-18-7-2-3-9-21(18)22)15-28-27(33)14-20(35-28)13-25-29(19(16-31)17-32)23-10-4-5-11-24(23)30(25)34/h2-15H,1H3/b25-13-. The number of benzene rings is 3. The van der Waals surface area contributed by atoms with E-state index in [0.717, 1.165) is 27.5 Å². The van der Waals surface area contributed by atoms with Crippen LogP contribution in [0.25, 0.3) is 44.8 Å². The highest BCUT2D eigenvalue weighted by Gasteiger charge is 2.32. The largest absolute Gasteiger partial charge is 0.455 e. The molecule has 0 spiro atoms. The van der Waals surface area contributed by atoms with E-state index in [1.165, 1.54) is 0 Å². The molecule has 0 saturated carbocycles. The fourth-order valence-electron chi connectivity index (χ4n) is 4.90. The number of fused-ring (bicyclic) bond motifs is 3. The van der Waals surface area contributed by atoms with Crippen molar-refractivity contribution in [3.05, 3.63) is 107 Å². The van der Waals surface area contributed by atoms with Crippen LogP contribution >= 0.6 is 0 Å². The van der Waals surface area contributed by atoms with Crippen molar-refractivity contribution in [3.63, 3.8) is 0 Å². The van der Waals surface area contributed by atoms with Crippen molar-refractivity contribution in [2.45, 2.75) is 0 Å². The molecule has 1 aliphatic rings. The molecule has 0 fully saturated rings. The van der Waals surface area contributed by atoms with Crippen LogP contribution in [0.1, 0.15) is 21.7 Å². The van der Waals surface area contributed by atoms with Crippen LogP contribution in [0, 0.1) is 22.7 Å². The van der Waals surface area contributed by atoms with Crippen LogP contribution in [-0.2, 0) is 7.05 Å². The summed E-state index contributed by atoms with van der Waals surface area (Å²) in [6.07, 6.45) is 1.63.